The quantitative estimate of drug-likeness (QED) is 0.537. The maximum atomic E-state index is 13.3. The van der Waals surface area contributed by atoms with Crippen molar-refractivity contribution in [2.24, 2.45) is 0 Å². The van der Waals surface area contributed by atoms with Gasteiger partial charge in [-0.05, 0) is 42.5 Å². The second-order valence-corrected chi connectivity index (χ2v) is 7.90. The number of amides is 2. The molecular formula is C25H30N4O4. The third-order valence-corrected chi connectivity index (χ3v) is 5.17. The van der Waals surface area contributed by atoms with Crippen molar-refractivity contribution in [2.75, 3.05) is 51.7 Å². The van der Waals surface area contributed by atoms with Crippen LogP contribution in [-0.2, 0) is 16.1 Å². The number of nitrogens with one attached hydrogen (secondary N) is 1. The van der Waals surface area contributed by atoms with Crippen LogP contribution in [0.2, 0.25) is 0 Å². The summed E-state index contributed by atoms with van der Waals surface area (Å²) >= 11 is 0. The molecule has 2 amide bonds. The van der Waals surface area contributed by atoms with E-state index in [0.29, 0.717) is 30.9 Å². The van der Waals surface area contributed by atoms with Crippen LogP contribution in [0.4, 0.5) is 11.5 Å². The summed E-state index contributed by atoms with van der Waals surface area (Å²) in [7, 11) is 7.10. The fourth-order valence-electron chi connectivity index (χ4n) is 3.55. The van der Waals surface area contributed by atoms with Gasteiger partial charge in [-0.25, -0.2) is 4.98 Å². The lowest BCUT2D eigenvalue weighted by molar-refractivity contribution is -0.114. The second kappa shape index (κ2) is 10.8. The Hall–Kier alpha value is -3.65. The number of anilines is 2. The number of benzene rings is 2. The first-order chi connectivity index (χ1) is 15.8. The maximum Gasteiger partial charge on any atom is 0.254 e. The summed E-state index contributed by atoms with van der Waals surface area (Å²) < 4.78 is 10.6. The Morgan fingerprint density at radius 1 is 1.03 bits per heavy atom. The summed E-state index contributed by atoms with van der Waals surface area (Å²) in [6.07, 6.45) is 0. The highest BCUT2D eigenvalue weighted by atomic mass is 16.5. The van der Waals surface area contributed by atoms with E-state index in [9.17, 15) is 9.59 Å². The molecule has 0 saturated heterocycles. The number of pyridine rings is 1. The van der Waals surface area contributed by atoms with Gasteiger partial charge >= 0.3 is 0 Å². The Balaban J connectivity index is 1.93. The molecule has 33 heavy (non-hydrogen) atoms. The van der Waals surface area contributed by atoms with E-state index in [2.05, 4.69) is 11.4 Å². The zero-order valence-electron chi connectivity index (χ0n) is 19.7. The van der Waals surface area contributed by atoms with Crippen LogP contribution in [0.5, 0.6) is 5.75 Å². The number of nitrogens with zero attached hydrogens (tertiary/aromatic N) is 3. The fourth-order valence-corrected chi connectivity index (χ4v) is 3.55. The van der Waals surface area contributed by atoms with Gasteiger partial charge in [-0.15, -0.1) is 0 Å². The van der Waals surface area contributed by atoms with Crippen molar-refractivity contribution in [1.29, 1.82) is 0 Å². The van der Waals surface area contributed by atoms with Crippen molar-refractivity contribution in [3.63, 3.8) is 0 Å². The number of methoxy groups -OCH3 is 2. The molecule has 0 aliphatic rings. The van der Waals surface area contributed by atoms with Crippen molar-refractivity contribution in [3.05, 3.63) is 59.7 Å². The van der Waals surface area contributed by atoms with Crippen LogP contribution in [0.15, 0.2) is 48.5 Å². The van der Waals surface area contributed by atoms with E-state index in [1.54, 1.807) is 43.4 Å². The molecule has 8 nitrogen and oxygen atoms in total. The van der Waals surface area contributed by atoms with Gasteiger partial charge in [0.05, 0.1) is 19.2 Å². The Labute approximate surface area is 194 Å². The van der Waals surface area contributed by atoms with Gasteiger partial charge in [0.15, 0.2) is 0 Å². The standard InChI is InChI=1S/C25H30N4O4/c1-17(30)26-21-9-6-18(7-10-21)25(31)29(12-13-32-4)16-20-14-19-8-11-22(33-5)15-23(19)27-24(20)28(2)3/h6-11,14-15H,12-13,16H2,1-5H3,(H,26,30). The van der Waals surface area contributed by atoms with Gasteiger partial charge in [-0.2, -0.15) is 0 Å². The van der Waals surface area contributed by atoms with Gasteiger partial charge in [0.2, 0.25) is 5.91 Å². The molecule has 174 valence electrons. The Bertz CT molecular complexity index is 1130. The average Bonchev–Trinajstić information content (AvgIpc) is 2.80. The molecule has 0 spiro atoms. The third-order valence-electron chi connectivity index (χ3n) is 5.17. The van der Waals surface area contributed by atoms with Gasteiger partial charge in [0, 0.05) is 69.5 Å². The average molecular weight is 451 g/mol. The first-order valence-electron chi connectivity index (χ1n) is 10.6. The Morgan fingerprint density at radius 3 is 2.36 bits per heavy atom. The number of ether oxygens (including phenoxy) is 2. The number of hydrogen-bond donors (Lipinski definition) is 1. The Morgan fingerprint density at radius 2 is 1.76 bits per heavy atom. The van der Waals surface area contributed by atoms with Crippen LogP contribution in [0, 0.1) is 0 Å². The molecule has 2 aromatic carbocycles. The van der Waals surface area contributed by atoms with E-state index in [1.165, 1.54) is 6.92 Å². The molecule has 3 rings (SSSR count). The zero-order valence-corrected chi connectivity index (χ0v) is 19.7. The lowest BCUT2D eigenvalue weighted by atomic mass is 10.1. The summed E-state index contributed by atoms with van der Waals surface area (Å²) in [6, 6.07) is 14.7. The minimum absolute atomic E-state index is 0.124. The minimum atomic E-state index is -0.159. The van der Waals surface area contributed by atoms with Crippen LogP contribution >= 0.6 is 0 Å². The highest BCUT2D eigenvalue weighted by Crippen LogP contribution is 2.27. The maximum absolute atomic E-state index is 13.3. The van der Waals surface area contributed by atoms with Gasteiger partial charge in [-0.1, -0.05) is 0 Å². The van der Waals surface area contributed by atoms with E-state index >= 15 is 0 Å². The van der Waals surface area contributed by atoms with Crippen molar-refractivity contribution < 1.29 is 19.1 Å². The highest BCUT2D eigenvalue weighted by molar-refractivity contribution is 5.95. The number of aromatic nitrogens is 1. The SMILES string of the molecule is COCCN(Cc1cc2ccc(OC)cc2nc1N(C)C)C(=O)c1ccc(NC(C)=O)cc1. The number of fused-ring (bicyclic) bond motifs is 1. The van der Waals surface area contributed by atoms with Crippen LogP contribution < -0.4 is 15.0 Å². The summed E-state index contributed by atoms with van der Waals surface area (Å²) in [5, 5.41) is 3.68. The van der Waals surface area contributed by atoms with Crippen LogP contribution in [-0.4, -0.2) is 63.2 Å². The zero-order chi connectivity index (χ0) is 24.0. The molecule has 0 aliphatic carbocycles. The van der Waals surface area contributed by atoms with Crippen molar-refractivity contribution in [2.45, 2.75) is 13.5 Å². The van der Waals surface area contributed by atoms with Crippen molar-refractivity contribution >= 4 is 34.2 Å². The smallest absolute Gasteiger partial charge is 0.254 e. The largest absolute Gasteiger partial charge is 0.497 e. The number of hydrogen-bond acceptors (Lipinski definition) is 6. The predicted octanol–water partition coefficient (Wildman–Crippen LogP) is 3.56. The van der Waals surface area contributed by atoms with E-state index in [1.807, 2.05) is 37.2 Å². The van der Waals surface area contributed by atoms with Crippen molar-refractivity contribution in [3.8, 4) is 5.75 Å². The molecule has 8 heteroatoms. The molecule has 1 heterocycles. The van der Waals surface area contributed by atoms with E-state index in [-0.39, 0.29) is 11.8 Å². The predicted molar refractivity (Wildman–Crippen MR) is 130 cm³/mol. The molecule has 0 radical (unpaired) electrons. The highest BCUT2D eigenvalue weighted by Gasteiger charge is 2.19. The molecule has 0 unspecified atom stereocenters. The molecule has 1 aromatic heterocycles. The topological polar surface area (TPSA) is 84.0 Å². The van der Waals surface area contributed by atoms with Gasteiger partial charge in [0.1, 0.15) is 11.6 Å². The molecule has 1 N–H and O–H groups in total. The third kappa shape index (κ3) is 5.98. The molecular weight excluding hydrogens is 420 g/mol. The normalized spacial score (nSPS) is 10.7. The minimum Gasteiger partial charge on any atom is -0.497 e. The number of rotatable bonds is 9. The molecule has 0 saturated carbocycles. The first-order valence-corrected chi connectivity index (χ1v) is 10.6. The molecule has 0 fully saturated rings. The van der Waals surface area contributed by atoms with E-state index in [0.717, 1.165) is 28.0 Å². The van der Waals surface area contributed by atoms with E-state index < -0.39 is 0 Å². The van der Waals surface area contributed by atoms with Crippen LogP contribution in [0.25, 0.3) is 10.9 Å². The summed E-state index contributed by atoms with van der Waals surface area (Å²) in [6.45, 7) is 2.65. The van der Waals surface area contributed by atoms with Crippen molar-refractivity contribution in [1.82, 2.24) is 9.88 Å². The fraction of sp³-hybridized carbons (Fsp3) is 0.320. The van der Waals surface area contributed by atoms with Gasteiger partial charge in [-0.3, -0.25) is 9.59 Å². The summed E-state index contributed by atoms with van der Waals surface area (Å²) in [5.41, 5.74) is 2.93. The Kier molecular flexibility index (Phi) is 7.84. The lowest BCUT2D eigenvalue weighted by Crippen LogP contribution is -2.34. The van der Waals surface area contributed by atoms with Crippen LogP contribution in [0.1, 0.15) is 22.8 Å². The number of carbonyl (C=O) groups is 2. The molecule has 0 bridgehead atoms. The second-order valence-electron chi connectivity index (χ2n) is 7.90. The lowest BCUT2D eigenvalue weighted by Gasteiger charge is -2.25. The molecule has 3 aromatic rings. The monoisotopic (exact) mass is 450 g/mol. The van der Waals surface area contributed by atoms with E-state index in [4.69, 9.17) is 14.5 Å². The summed E-state index contributed by atoms with van der Waals surface area (Å²) in [5.74, 6) is 1.24. The summed E-state index contributed by atoms with van der Waals surface area (Å²) in [4.78, 5) is 33.1. The molecule has 0 aliphatic heterocycles. The van der Waals surface area contributed by atoms with Gasteiger partial charge < -0.3 is 24.6 Å². The van der Waals surface area contributed by atoms with Gasteiger partial charge in [0.25, 0.3) is 5.91 Å². The van der Waals surface area contributed by atoms with Crippen LogP contribution in [0.3, 0.4) is 0 Å². The number of carbonyl (C=O) groups excluding carboxylic acids is 2. The first kappa shape index (κ1) is 24.0. The molecule has 0 atom stereocenters.